The van der Waals surface area contributed by atoms with Gasteiger partial charge in [0.2, 0.25) is 5.88 Å². The van der Waals surface area contributed by atoms with Crippen LogP contribution >= 0.6 is 11.3 Å². The number of nitrogens with zero attached hydrogens (tertiary/aromatic N) is 1. The first-order chi connectivity index (χ1) is 10.7. The van der Waals surface area contributed by atoms with E-state index in [0.717, 1.165) is 26.1 Å². The molecule has 1 amide bonds. The van der Waals surface area contributed by atoms with E-state index in [1.54, 1.807) is 19.4 Å². The van der Waals surface area contributed by atoms with E-state index in [4.69, 9.17) is 4.74 Å². The summed E-state index contributed by atoms with van der Waals surface area (Å²) in [5.74, 6) is 0.518. The van der Waals surface area contributed by atoms with Gasteiger partial charge in [0, 0.05) is 23.5 Å². The van der Waals surface area contributed by atoms with E-state index in [1.807, 2.05) is 37.3 Å². The van der Waals surface area contributed by atoms with Crippen LogP contribution in [0.1, 0.15) is 20.8 Å². The Balaban J connectivity index is 1.74. The summed E-state index contributed by atoms with van der Waals surface area (Å²) in [6.45, 7) is 2.44. The molecule has 0 saturated carbocycles. The molecule has 0 saturated heterocycles. The second-order valence-corrected chi connectivity index (χ2v) is 6.00. The highest BCUT2D eigenvalue weighted by atomic mass is 32.1. The predicted molar refractivity (Wildman–Crippen MR) is 88.5 cm³/mol. The summed E-state index contributed by atoms with van der Waals surface area (Å²) in [5.41, 5.74) is 1.97. The summed E-state index contributed by atoms with van der Waals surface area (Å²) in [6, 6.07) is 11.7. The van der Waals surface area contributed by atoms with Gasteiger partial charge in [-0.05, 0) is 29.5 Å². The number of rotatable bonds is 4. The van der Waals surface area contributed by atoms with Crippen LogP contribution in [0.3, 0.4) is 0 Å². The van der Waals surface area contributed by atoms with Crippen LogP contribution in [0, 0.1) is 6.92 Å². The minimum atomic E-state index is -0.0467. The number of aromatic nitrogens is 1. The lowest BCUT2D eigenvalue weighted by Crippen LogP contribution is -2.22. The summed E-state index contributed by atoms with van der Waals surface area (Å²) < 4.78 is 6.15. The highest BCUT2D eigenvalue weighted by Gasteiger charge is 2.14. The van der Waals surface area contributed by atoms with Crippen molar-refractivity contribution in [1.82, 2.24) is 10.3 Å². The SMILES string of the molecule is COc1ccc(CNC(=O)c2sc3ccccc3c2C)cn1. The number of fused-ring (bicyclic) bond motifs is 1. The van der Waals surface area contributed by atoms with Crippen molar-refractivity contribution in [3.63, 3.8) is 0 Å². The molecule has 0 aliphatic carbocycles. The molecule has 3 aromatic rings. The van der Waals surface area contributed by atoms with Crippen molar-refractivity contribution in [2.45, 2.75) is 13.5 Å². The van der Waals surface area contributed by atoms with E-state index in [9.17, 15) is 4.79 Å². The van der Waals surface area contributed by atoms with Crippen molar-refractivity contribution in [2.75, 3.05) is 7.11 Å². The van der Waals surface area contributed by atoms with Crippen molar-refractivity contribution in [1.29, 1.82) is 0 Å². The van der Waals surface area contributed by atoms with Crippen molar-refractivity contribution >= 4 is 27.3 Å². The van der Waals surface area contributed by atoms with Gasteiger partial charge < -0.3 is 10.1 Å². The zero-order valence-electron chi connectivity index (χ0n) is 12.4. The summed E-state index contributed by atoms with van der Waals surface area (Å²) in [4.78, 5) is 17.3. The number of pyridine rings is 1. The Kier molecular flexibility index (Phi) is 4.06. The molecule has 5 heteroatoms. The zero-order valence-corrected chi connectivity index (χ0v) is 13.2. The van der Waals surface area contributed by atoms with Gasteiger partial charge in [0.05, 0.1) is 12.0 Å². The van der Waals surface area contributed by atoms with Crippen LogP contribution in [0.4, 0.5) is 0 Å². The number of methoxy groups -OCH3 is 1. The fraction of sp³-hybridized carbons (Fsp3) is 0.176. The van der Waals surface area contributed by atoms with Crippen LogP contribution in [0.25, 0.3) is 10.1 Å². The van der Waals surface area contributed by atoms with Crippen LogP contribution in [0.2, 0.25) is 0 Å². The van der Waals surface area contributed by atoms with Crippen LogP contribution < -0.4 is 10.1 Å². The van der Waals surface area contributed by atoms with Gasteiger partial charge in [0.25, 0.3) is 5.91 Å². The number of carbonyl (C=O) groups is 1. The lowest BCUT2D eigenvalue weighted by molar-refractivity contribution is 0.0954. The molecule has 22 heavy (non-hydrogen) atoms. The number of thiophene rings is 1. The molecule has 3 rings (SSSR count). The molecule has 0 fully saturated rings. The number of hydrogen-bond acceptors (Lipinski definition) is 4. The third-order valence-electron chi connectivity index (χ3n) is 3.51. The molecule has 4 nitrogen and oxygen atoms in total. The number of benzene rings is 1. The molecule has 0 aliphatic rings. The summed E-state index contributed by atoms with van der Waals surface area (Å²) in [7, 11) is 1.58. The Bertz CT molecular complexity index is 809. The molecule has 1 aromatic carbocycles. The standard InChI is InChI=1S/C17H16N2O2S/c1-11-13-5-3-4-6-14(13)22-16(11)17(20)19-10-12-7-8-15(21-2)18-9-12/h3-9H,10H2,1-2H3,(H,19,20). The molecule has 0 bridgehead atoms. The number of ether oxygens (including phenoxy) is 1. The zero-order chi connectivity index (χ0) is 15.5. The van der Waals surface area contributed by atoms with Crippen molar-refractivity contribution < 1.29 is 9.53 Å². The second kappa shape index (κ2) is 6.15. The highest BCUT2D eigenvalue weighted by molar-refractivity contribution is 7.21. The topological polar surface area (TPSA) is 51.2 Å². The van der Waals surface area contributed by atoms with Gasteiger partial charge >= 0.3 is 0 Å². The Morgan fingerprint density at radius 2 is 2.09 bits per heavy atom. The predicted octanol–water partition coefficient (Wildman–Crippen LogP) is 3.54. The van der Waals surface area contributed by atoms with E-state index in [1.165, 1.54) is 11.3 Å². The molecule has 0 aliphatic heterocycles. The molecular formula is C17H16N2O2S. The van der Waals surface area contributed by atoms with Gasteiger partial charge in [0.15, 0.2) is 0 Å². The minimum absolute atomic E-state index is 0.0467. The summed E-state index contributed by atoms with van der Waals surface area (Å²) in [6.07, 6.45) is 1.71. The Hall–Kier alpha value is -2.40. The van der Waals surface area contributed by atoms with E-state index in [2.05, 4.69) is 10.3 Å². The van der Waals surface area contributed by atoms with Crippen molar-refractivity contribution in [3.8, 4) is 5.88 Å². The average Bonchev–Trinajstić information content (AvgIpc) is 2.90. The maximum Gasteiger partial charge on any atom is 0.261 e. The first kappa shape index (κ1) is 14.5. The van der Waals surface area contributed by atoms with Gasteiger partial charge in [-0.3, -0.25) is 4.79 Å². The van der Waals surface area contributed by atoms with Gasteiger partial charge in [-0.2, -0.15) is 0 Å². The fourth-order valence-corrected chi connectivity index (χ4v) is 3.42. The molecule has 2 heterocycles. The van der Waals surface area contributed by atoms with E-state index >= 15 is 0 Å². The molecule has 1 N–H and O–H groups in total. The molecule has 112 valence electrons. The normalized spacial score (nSPS) is 10.6. The Morgan fingerprint density at radius 3 is 2.77 bits per heavy atom. The maximum atomic E-state index is 12.4. The second-order valence-electron chi connectivity index (χ2n) is 4.94. The minimum Gasteiger partial charge on any atom is -0.481 e. The molecule has 0 radical (unpaired) electrons. The third kappa shape index (κ3) is 2.80. The monoisotopic (exact) mass is 312 g/mol. The first-order valence-electron chi connectivity index (χ1n) is 6.94. The summed E-state index contributed by atoms with van der Waals surface area (Å²) >= 11 is 1.53. The highest BCUT2D eigenvalue weighted by Crippen LogP contribution is 2.30. The van der Waals surface area contributed by atoms with E-state index in [-0.39, 0.29) is 5.91 Å². The Morgan fingerprint density at radius 1 is 1.27 bits per heavy atom. The van der Waals surface area contributed by atoms with Crippen molar-refractivity contribution in [3.05, 3.63) is 58.6 Å². The Labute approximate surface area is 132 Å². The number of carbonyl (C=O) groups excluding carboxylic acids is 1. The first-order valence-corrected chi connectivity index (χ1v) is 7.76. The lowest BCUT2D eigenvalue weighted by atomic mass is 10.1. The van der Waals surface area contributed by atoms with Gasteiger partial charge in [-0.1, -0.05) is 24.3 Å². The molecular weight excluding hydrogens is 296 g/mol. The molecule has 0 atom stereocenters. The van der Waals surface area contributed by atoms with Gasteiger partial charge in [-0.25, -0.2) is 4.98 Å². The van der Waals surface area contributed by atoms with E-state index < -0.39 is 0 Å². The third-order valence-corrected chi connectivity index (χ3v) is 4.78. The maximum absolute atomic E-state index is 12.4. The van der Waals surface area contributed by atoms with Crippen LogP contribution in [-0.4, -0.2) is 18.0 Å². The largest absolute Gasteiger partial charge is 0.481 e. The molecule has 2 aromatic heterocycles. The lowest BCUT2D eigenvalue weighted by Gasteiger charge is -2.05. The van der Waals surface area contributed by atoms with Gasteiger partial charge in [-0.15, -0.1) is 11.3 Å². The quantitative estimate of drug-likeness (QED) is 0.801. The van der Waals surface area contributed by atoms with Crippen LogP contribution in [-0.2, 0) is 6.54 Å². The number of aryl methyl sites for hydroxylation is 1. The number of amides is 1. The number of hydrogen-bond donors (Lipinski definition) is 1. The van der Waals surface area contributed by atoms with Gasteiger partial charge in [0.1, 0.15) is 0 Å². The number of nitrogens with one attached hydrogen (secondary N) is 1. The van der Waals surface area contributed by atoms with Crippen LogP contribution in [0.15, 0.2) is 42.6 Å². The fourth-order valence-electron chi connectivity index (χ4n) is 2.29. The van der Waals surface area contributed by atoms with E-state index in [0.29, 0.717) is 12.4 Å². The smallest absolute Gasteiger partial charge is 0.261 e. The molecule has 0 unspecified atom stereocenters. The van der Waals surface area contributed by atoms with Crippen molar-refractivity contribution in [2.24, 2.45) is 0 Å². The average molecular weight is 312 g/mol. The molecule has 0 spiro atoms. The summed E-state index contributed by atoms with van der Waals surface area (Å²) in [5, 5.41) is 4.09. The van der Waals surface area contributed by atoms with Crippen LogP contribution in [0.5, 0.6) is 5.88 Å².